The number of ether oxygens (including phenoxy) is 2. The Balaban J connectivity index is 1.67. The van der Waals surface area contributed by atoms with Crippen molar-refractivity contribution in [2.45, 2.75) is 20.0 Å². The molecular formula is C28H24Cl2N2O4. The molecule has 0 aromatic heterocycles. The van der Waals surface area contributed by atoms with Crippen LogP contribution in [-0.4, -0.2) is 18.5 Å². The summed E-state index contributed by atoms with van der Waals surface area (Å²) in [4.78, 5) is 26.7. The largest absolute Gasteiger partial charge is 0.490 e. The van der Waals surface area contributed by atoms with E-state index in [1.54, 1.807) is 42.5 Å². The second kappa shape index (κ2) is 11.3. The van der Waals surface area contributed by atoms with E-state index >= 15 is 0 Å². The molecule has 0 radical (unpaired) electrons. The third-order valence-corrected chi connectivity index (χ3v) is 6.04. The van der Waals surface area contributed by atoms with Gasteiger partial charge in [0, 0.05) is 21.2 Å². The van der Waals surface area contributed by atoms with E-state index in [9.17, 15) is 9.59 Å². The number of urea groups is 1. The van der Waals surface area contributed by atoms with Gasteiger partial charge in [-0.1, -0.05) is 47.5 Å². The molecule has 184 valence electrons. The lowest BCUT2D eigenvalue weighted by Crippen LogP contribution is -2.30. The summed E-state index contributed by atoms with van der Waals surface area (Å²) in [6.07, 6.45) is 3.88. The highest BCUT2D eigenvalue weighted by molar-refractivity contribution is 6.31. The van der Waals surface area contributed by atoms with Gasteiger partial charge < -0.3 is 14.8 Å². The monoisotopic (exact) mass is 522 g/mol. The average Bonchev–Trinajstić information content (AvgIpc) is 3.13. The molecule has 36 heavy (non-hydrogen) atoms. The number of halogens is 2. The number of benzene rings is 3. The van der Waals surface area contributed by atoms with Crippen molar-refractivity contribution in [1.82, 2.24) is 5.32 Å². The highest BCUT2D eigenvalue weighted by Crippen LogP contribution is 2.36. The minimum atomic E-state index is -0.537. The Labute approximate surface area is 219 Å². The highest BCUT2D eigenvalue weighted by atomic mass is 35.5. The Morgan fingerprint density at radius 2 is 1.75 bits per heavy atom. The van der Waals surface area contributed by atoms with Crippen LogP contribution in [0.4, 0.5) is 10.5 Å². The van der Waals surface area contributed by atoms with Gasteiger partial charge in [-0.3, -0.25) is 4.79 Å². The van der Waals surface area contributed by atoms with Gasteiger partial charge in [-0.15, -0.1) is 6.58 Å². The maximum absolute atomic E-state index is 13.0. The minimum absolute atomic E-state index is 0.145. The average molecular weight is 523 g/mol. The molecule has 6 nitrogen and oxygen atoms in total. The SMILES string of the molecule is C=CCc1cc(/C=C2/NC(=O)N(c3ccc(Cl)cc3)C2=O)cc(OCC)c1OCc1ccccc1Cl. The lowest BCUT2D eigenvalue weighted by atomic mass is 10.0. The zero-order valence-electron chi connectivity index (χ0n) is 19.6. The standard InChI is InChI=1S/C28H24Cl2N2O4/c1-3-7-19-14-18(15-24-27(33)32(28(34)31-24)22-12-10-21(29)11-13-22)16-25(35-4-2)26(19)36-17-20-8-5-6-9-23(20)30/h3,5-6,8-16H,1,4,7,17H2,2H3,(H,31,34)/b24-15+. The molecule has 0 saturated carbocycles. The number of nitrogens with zero attached hydrogens (tertiary/aromatic N) is 1. The van der Waals surface area contributed by atoms with Crippen LogP contribution < -0.4 is 19.7 Å². The topological polar surface area (TPSA) is 67.9 Å². The molecule has 1 saturated heterocycles. The Kier molecular flexibility index (Phi) is 7.98. The fraction of sp³-hybridized carbons (Fsp3) is 0.143. The summed E-state index contributed by atoms with van der Waals surface area (Å²) in [5, 5.41) is 3.77. The van der Waals surface area contributed by atoms with Gasteiger partial charge in [0.1, 0.15) is 12.3 Å². The smallest absolute Gasteiger partial charge is 0.333 e. The van der Waals surface area contributed by atoms with Crippen molar-refractivity contribution in [3.8, 4) is 11.5 Å². The maximum Gasteiger partial charge on any atom is 0.333 e. The predicted molar refractivity (Wildman–Crippen MR) is 143 cm³/mol. The molecule has 1 fully saturated rings. The first-order valence-corrected chi connectivity index (χ1v) is 12.1. The van der Waals surface area contributed by atoms with Crippen molar-refractivity contribution in [3.63, 3.8) is 0 Å². The van der Waals surface area contributed by atoms with Gasteiger partial charge in [-0.05, 0) is 67.4 Å². The number of hydrogen-bond donors (Lipinski definition) is 1. The minimum Gasteiger partial charge on any atom is -0.490 e. The normalized spacial score (nSPS) is 14.2. The highest BCUT2D eigenvalue weighted by Gasteiger charge is 2.35. The van der Waals surface area contributed by atoms with Gasteiger partial charge in [0.25, 0.3) is 5.91 Å². The Morgan fingerprint density at radius 3 is 2.44 bits per heavy atom. The third-order valence-electron chi connectivity index (χ3n) is 5.42. The molecule has 0 bridgehead atoms. The number of allylic oxidation sites excluding steroid dienone is 1. The summed E-state index contributed by atoms with van der Waals surface area (Å²) >= 11 is 12.2. The van der Waals surface area contributed by atoms with Gasteiger partial charge in [-0.25, -0.2) is 9.69 Å². The van der Waals surface area contributed by atoms with Crippen molar-refractivity contribution in [1.29, 1.82) is 0 Å². The van der Waals surface area contributed by atoms with Crippen LogP contribution in [0.3, 0.4) is 0 Å². The molecule has 1 heterocycles. The number of hydrogen-bond acceptors (Lipinski definition) is 4. The van der Waals surface area contributed by atoms with Crippen molar-refractivity contribution in [3.05, 3.63) is 106 Å². The maximum atomic E-state index is 13.0. The van der Waals surface area contributed by atoms with Gasteiger partial charge in [0.15, 0.2) is 11.5 Å². The van der Waals surface area contributed by atoms with Gasteiger partial charge in [0.2, 0.25) is 0 Å². The first-order valence-electron chi connectivity index (χ1n) is 11.3. The second-order valence-corrected chi connectivity index (χ2v) is 8.76. The zero-order valence-corrected chi connectivity index (χ0v) is 21.1. The number of rotatable bonds is 9. The molecule has 1 aliphatic rings. The van der Waals surface area contributed by atoms with E-state index in [-0.39, 0.29) is 12.3 Å². The van der Waals surface area contributed by atoms with Crippen molar-refractivity contribution < 1.29 is 19.1 Å². The van der Waals surface area contributed by atoms with Gasteiger partial charge in [-0.2, -0.15) is 0 Å². The summed E-state index contributed by atoms with van der Waals surface area (Å²) in [6.45, 7) is 6.40. The van der Waals surface area contributed by atoms with Gasteiger partial charge in [0.05, 0.1) is 12.3 Å². The van der Waals surface area contributed by atoms with E-state index in [0.29, 0.717) is 45.8 Å². The third kappa shape index (κ3) is 5.56. The van der Waals surface area contributed by atoms with Crippen LogP contribution in [0.1, 0.15) is 23.6 Å². The number of anilines is 1. The quantitative estimate of drug-likeness (QED) is 0.190. The molecular weight excluding hydrogens is 499 g/mol. The number of amides is 3. The van der Waals surface area contributed by atoms with E-state index < -0.39 is 11.9 Å². The van der Waals surface area contributed by atoms with E-state index in [2.05, 4.69) is 11.9 Å². The number of carbonyl (C=O) groups excluding carboxylic acids is 2. The number of carbonyl (C=O) groups is 2. The zero-order chi connectivity index (χ0) is 25.7. The fourth-order valence-corrected chi connectivity index (χ4v) is 4.11. The molecule has 0 atom stereocenters. The van der Waals surface area contributed by atoms with Crippen LogP contribution in [0.2, 0.25) is 10.0 Å². The summed E-state index contributed by atoms with van der Waals surface area (Å²) in [5.41, 5.74) is 2.91. The molecule has 0 aliphatic carbocycles. The fourth-order valence-electron chi connectivity index (χ4n) is 3.79. The molecule has 3 aromatic carbocycles. The predicted octanol–water partition coefficient (Wildman–Crippen LogP) is 6.80. The van der Waals surface area contributed by atoms with Crippen LogP contribution >= 0.6 is 23.2 Å². The van der Waals surface area contributed by atoms with Gasteiger partial charge >= 0.3 is 6.03 Å². The van der Waals surface area contributed by atoms with Crippen molar-refractivity contribution in [2.75, 3.05) is 11.5 Å². The summed E-state index contributed by atoms with van der Waals surface area (Å²) in [7, 11) is 0. The Hall–Kier alpha value is -3.74. The summed E-state index contributed by atoms with van der Waals surface area (Å²) < 4.78 is 12.0. The van der Waals surface area contributed by atoms with E-state index in [0.717, 1.165) is 16.0 Å². The molecule has 4 rings (SSSR count). The van der Waals surface area contributed by atoms with E-state index in [4.69, 9.17) is 32.7 Å². The van der Waals surface area contributed by atoms with Crippen LogP contribution in [0.5, 0.6) is 11.5 Å². The number of imide groups is 1. The first kappa shape index (κ1) is 25.4. The molecule has 3 amide bonds. The van der Waals surface area contributed by atoms with Crippen LogP contribution in [0.15, 0.2) is 79.0 Å². The molecule has 8 heteroatoms. The summed E-state index contributed by atoms with van der Waals surface area (Å²) in [5.74, 6) is 0.620. The molecule has 0 unspecified atom stereocenters. The number of nitrogens with one attached hydrogen (secondary N) is 1. The molecule has 1 aliphatic heterocycles. The molecule has 0 spiro atoms. The molecule has 1 N–H and O–H groups in total. The van der Waals surface area contributed by atoms with Crippen LogP contribution in [-0.2, 0) is 17.8 Å². The molecule has 3 aromatic rings. The van der Waals surface area contributed by atoms with Crippen molar-refractivity contribution >= 4 is 46.9 Å². The van der Waals surface area contributed by atoms with E-state index in [1.807, 2.05) is 37.3 Å². The van der Waals surface area contributed by atoms with Crippen molar-refractivity contribution in [2.24, 2.45) is 0 Å². The summed E-state index contributed by atoms with van der Waals surface area (Å²) in [6, 6.07) is 17.1. The van der Waals surface area contributed by atoms with Crippen LogP contribution in [0.25, 0.3) is 6.08 Å². The Bertz CT molecular complexity index is 1340. The van der Waals surface area contributed by atoms with E-state index in [1.165, 1.54) is 0 Å². The lowest BCUT2D eigenvalue weighted by molar-refractivity contribution is -0.113. The second-order valence-electron chi connectivity index (χ2n) is 7.92. The van der Waals surface area contributed by atoms with Crippen LogP contribution in [0, 0.1) is 0 Å². The lowest BCUT2D eigenvalue weighted by Gasteiger charge is -2.17. The first-order chi connectivity index (χ1) is 17.4. The Morgan fingerprint density at radius 1 is 1.00 bits per heavy atom.